The van der Waals surface area contributed by atoms with Gasteiger partial charge >= 0.3 is 11.4 Å². The van der Waals surface area contributed by atoms with Gasteiger partial charge in [0.15, 0.2) is 0 Å². The molecular formula is C14H15ClFN3O3. The van der Waals surface area contributed by atoms with E-state index in [1.54, 1.807) is 0 Å². The molecule has 0 N–H and O–H groups in total. The highest BCUT2D eigenvalue weighted by Gasteiger charge is 2.22. The number of hydrogen-bond acceptors (Lipinski definition) is 3. The van der Waals surface area contributed by atoms with E-state index in [-0.39, 0.29) is 17.3 Å². The third-order valence-electron chi connectivity index (χ3n) is 3.76. The normalized spacial score (nSPS) is 14.1. The van der Waals surface area contributed by atoms with Crippen LogP contribution in [0, 0.1) is 5.82 Å². The number of hydrogen-bond donors (Lipinski definition) is 0. The monoisotopic (exact) mass is 327 g/mol. The highest BCUT2D eigenvalue weighted by atomic mass is 35.5. The summed E-state index contributed by atoms with van der Waals surface area (Å²) in [4.78, 5) is 24.8. The quantitative estimate of drug-likeness (QED) is 0.859. The van der Waals surface area contributed by atoms with Gasteiger partial charge in [-0.25, -0.2) is 27.9 Å². The molecule has 2 aromatic rings. The molecule has 0 unspecified atom stereocenters. The number of aromatic nitrogens is 3. The number of nitrogens with zero attached hydrogens (tertiary/aromatic N) is 3. The fraction of sp³-hybridized carbons (Fsp3) is 0.429. The average molecular weight is 328 g/mol. The molecule has 22 heavy (non-hydrogen) atoms. The van der Waals surface area contributed by atoms with E-state index in [0.717, 1.165) is 23.5 Å². The molecule has 1 aromatic carbocycles. The van der Waals surface area contributed by atoms with Gasteiger partial charge in [0.05, 0.1) is 12.3 Å². The Labute approximate surface area is 130 Å². The van der Waals surface area contributed by atoms with Gasteiger partial charge in [0.25, 0.3) is 0 Å². The van der Waals surface area contributed by atoms with E-state index in [2.05, 4.69) is 0 Å². The van der Waals surface area contributed by atoms with Crippen molar-refractivity contribution in [3.63, 3.8) is 0 Å². The van der Waals surface area contributed by atoms with Crippen molar-refractivity contribution in [1.29, 1.82) is 0 Å². The molecule has 0 radical (unpaired) electrons. The van der Waals surface area contributed by atoms with E-state index >= 15 is 0 Å². The maximum absolute atomic E-state index is 14.2. The number of methoxy groups -OCH3 is 1. The summed E-state index contributed by atoms with van der Waals surface area (Å²) in [5, 5.41) is 0.195. The fourth-order valence-corrected chi connectivity index (χ4v) is 2.90. The van der Waals surface area contributed by atoms with Gasteiger partial charge in [-0.1, -0.05) is 11.6 Å². The largest absolute Gasteiger partial charge is 0.380 e. The van der Waals surface area contributed by atoms with Crippen LogP contribution >= 0.6 is 11.6 Å². The first kappa shape index (κ1) is 15.1. The maximum atomic E-state index is 14.2. The molecule has 3 rings (SSSR count). The number of halogens is 2. The van der Waals surface area contributed by atoms with Crippen molar-refractivity contribution < 1.29 is 9.13 Å². The van der Waals surface area contributed by atoms with Gasteiger partial charge < -0.3 is 4.74 Å². The summed E-state index contributed by atoms with van der Waals surface area (Å²) in [5.74, 6) is -0.715. The van der Waals surface area contributed by atoms with Crippen LogP contribution in [0.25, 0.3) is 5.69 Å². The van der Waals surface area contributed by atoms with E-state index < -0.39 is 17.2 Å². The first-order chi connectivity index (χ1) is 10.5. The Morgan fingerprint density at radius 3 is 2.32 bits per heavy atom. The lowest BCUT2D eigenvalue weighted by atomic mass is 10.2. The van der Waals surface area contributed by atoms with Crippen LogP contribution in [-0.2, 0) is 24.4 Å². The standard InChI is InChI=1S/C14H15ClFN3O3/c1-22-8-9-6-12(11(16)7-10(9)15)19-13(20)17-4-2-3-5-18(17)14(19)21/h6-7H,2-5,8H2,1H3. The first-order valence-electron chi connectivity index (χ1n) is 6.94. The molecule has 0 spiro atoms. The molecule has 1 aromatic heterocycles. The van der Waals surface area contributed by atoms with E-state index in [1.165, 1.54) is 22.5 Å². The molecular weight excluding hydrogens is 313 g/mol. The highest BCUT2D eigenvalue weighted by molar-refractivity contribution is 6.31. The zero-order valence-electron chi connectivity index (χ0n) is 12.0. The molecule has 0 aliphatic carbocycles. The number of rotatable bonds is 3. The predicted octanol–water partition coefficient (Wildman–Crippen LogP) is 1.53. The molecule has 0 amide bonds. The maximum Gasteiger partial charge on any atom is 0.351 e. The van der Waals surface area contributed by atoms with Crippen LogP contribution in [0.5, 0.6) is 0 Å². The summed E-state index contributed by atoms with van der Waals surface area (Å²) < 4.78 is 22.8. The van der Waals surface area contributed by atoms with Crippen molar-refractivity contribution in [1.82, 2.24) is 13.9 Å². The average Bonchev–Trinajstić information content (AvgIpc) is 2.75. The lowest BCUT2D eigenvalue weighted by Crippen LogP contribution is -2.30. The molecule has 2 heterocycles. The molecule has 0 saturated heterocycles. The summed E-state index contributed by atoms with van der Waals surface area (Å²) in [7, 11) is 1.48. The van der Waals surface area contributed by atoms with Crippen LogP contribution in [-0.4, -0.2) is 21.0 Å². The minimum absolute atomic E-state index is 0.0964. The Hall–Kier alpha value is -1.86. The van der Waals surface area contributed by atoms with Crippen LogP contribution in [0.4, 0.5) is 4.39 Å². The van der Waals surface area contributed by atoms with Gasteiger partial charge in [-0.2, -0.15) is 0 Å². The number of fused-ring (bicyclic) bond motifs is 1. The predicted molar refractivity (Wildman–Crippen MR) is 79.2 cm³/mol. The van der Waals surface area contributed by atoms with Gasteiger partial charge in [0.2, 0.25) is 0 Å². The van der Waals surface area contributed by atoms with Crippen molar-refractivity contribution in [3.05, 3.63) is 49.5 Å². The minimum Gasteiger partial charge on any atom is -0.380 e. The SMILES string of the molecule is COCc1cc(-n2c(=O)n3n(c2=O)CCCC3)c(F)cc1Cl. The molecule has 0 atom stereocenters. The Kier molecular flexibility index (Phi) is 3.92. The van der Waals surface area contributed by atoms with Crippen molar-refractivity contribution >= 4 is 11.6 Å². The van der Waals surface area contributed by atoms with E-state index in [9.17, 15) is 14.0 Å². The van der Waals surface area contributed by atoms with Gasteiger partial charge in [0.1, 0.15) is 5.82 Å². The minimum atomic E-state index is -0.715. The summed E-state index contributed by atoms with van der Waals surface area (Å²) >= 11 is 5.95. The summed E-state index contributed by atoms with van der Waals surface area (Å²) in [5.41, 5.74) is -0.648. The lowest BCUT2D eigenvalue weighted by molar-refractivity contribution is 0.185. The zero-order chi connectivity index (χ0) is 15.9. The van der Waals surface area contributed by atoms with Crippen LogP contribution in [0.1, 0.15) is 18.4 Å². The van der Waals surface area contributed by atoms with Crippen molar-refractivity contribution in [2.24, 2.45) is 0 Å². The van der Waals surface area contributed by atoms with Gasteiger partial charge in [-0.15, -0.1) is 0 Å². The van der Waals surface area contributed by atoms with Crippen LogP contribution < -0.4 is 11.4 Å². The Balaban J connectivity index is 2.24. The van der Waals surface area contributed by atoms with Crippen LogP contribution in [0.15, 0.2) is 21.7 Å². The molecule has 118 valence electrons. The van der Waals surface area contributed by atoms with Gasteiger partial charge in [0, 0.05) is 25.2 Å². The van der Waals surface area contributed by atoms with Crippen LogP contribution in [0.2, 0.25) is 5.02 Å². The number of benzene rings is 1. The highest BCUT2D eigenvalue weighted by Crippen LogP contribution is 2.23. The third kappa shape index (κ3) is 2.30. The van der Waals surface area contributed by atoms with Crippen molar-refractivity contribution in [2.45, 2.75) is 32.5 Å². The van der Waals surface area contributed by atoms with Crippen molar-refractivity contribution in [2.75, 3.05) is 7.11 Å². The second kappa shape index (κ2) is 5.73. The van der Waals surface area contributed by atoms with Gasteiger partial charge in [-0.3, -0.25) is 0 Å². The second-order valence-corrected chi connectivity index (χ2v) is 5.59. The third-order valence-corrected chi connectivity index (χ3v) is 4.11. The smallest absolute Gasteiger partial charge is 0.351 e. The second-order valence-electron chi connectivity index (χ2n) is 5.18. The van der Waals surface area contributed by atoms with E-state index in [0.29, 0.717) is 18.7 Å². The van der Waals surface area contributed by atoms with Crippen LogP contribution in [0.3, 0.4) is 0 Å². The molecule has 6 nitrogen and oxygen atoms in total. The summed E-state index contributed by atoms with van der Waals surface area (Å²) in [6.45, 7) is 1.08. The lowest BCUT2D eigenvalue weighted by Gasteiger charge is -2.13. The Bertz CT molecular complexity index is 800. The number of ether oxygens (including phenoxy) is 1. The summed E-state index contributed by atoms with van der Waals surface area (Å²) in [6, 6.07) is 2.48. The Morgan fingerprint density at radius 1 is 1.18 bits per heavy atom. The topological polar surface area (TPSA) is 58.2 Å². The first-order valence-corrected chi connectivity index (χ1v) is 7.32. The van der Waals surface area contributed by atoms with Crippen molar-refractivity contribution in [3.8, 4) is 5.69 Å². The van der Waals surface area contributed by atoms with E-state index in [4.69, 9.17) is 16.3 Å². The summed E-state index contributed by atoms with van der Waals surface area (Å²) in [6.07, 6.45) is 1.64. The molecule has 1 aliphatic heterocycles. The molecule has 0 bridgehead atoms. The van der Waals surface area contributed by atoms with E-state index in [1.807, 2.05) is 0 Å². The molecule has 8 heteroatoms. The fourth-order valence-electron chi connectivity index (χ4n) is 2.70. The van der Waals surface area contributed by atoms with Gasteiger partial charge in [-0.05, 0) is 30.5 Å². The molecule has 0 saturated carbocycles. The Morgan fingerprint density at radius 2 is 1.77 bits per heavy atom. The zero-order valence-corrected chi connectivity index (χ0v) is 12.8. The molecule has 0 fully saturated rings. The molecule has 1 aliphatic rings.